The van der Waals surface area contributed by atoms with Gasteiger partial charge in [-0.05, 0) is 48.8 Å². The molecule has 19 heavy (non-hydrogen) atoms. The van der Waals surface area contributed by atoms with Crippen LogP contribution in [0.1, 0.15) is 45.6 Å². The largest absolute Gasteiger partial charge is 0.488 e. The van der Waals surface area contributed by atoms with Crippen molar-refractivity contribution in [3.8, 4) is 11.8 Å². The third kappa shape index (κ3) is 3.41. The number of hydrogen-bond donors (Lipinski definition) is 1. The maximum absolute atomic E-state index is 8.83. The Balaban J connectivity index is 2.11. The van der Waals surface area contributed by atoms with E-state index in [9.17, 15) is 0 Å². The van der Waals surface area contributed by atoms with Gasteiger partial charge in [0.15, 0.2) is 0 Å². The van der Waals surface area contributed by atoms with Gasteiger partial charge in [-0.25, -0.2) is 0 Å². The zero-order valence-corrected chi connectivity index (χ0v) is 11.9. The van der Waals surface area contributed by atoms with Crippen molar-refractivity contribution in [1.82, 2.24) is 0 Å². The van der Waals surface area contributed by atoms with E-state index >= 15 is 0 Å². The number of hydrogen-bond acceptors (Lipinski definition) is 3. The molecule has 0 aliphatic heterocycles. The highest BCUT2D eigenvalue weighted by Crippen LogP contribution is 2.40. The Hall–Kier alpha value is -1.69. The van der Waals surface area contributed by atoms with Crippen LogP contribution in [0.15, 0.2) is 18.2 Å². The minimum absolute atomic E-state index is 0.217. The number of rotatable bonds is 2. The van der Waals surface area contributed by atoms with Gasteiger partial charge in [0.2, 0.25) is 0 Å². The first-order chi connectivity index (χ1) is 8.89. The molecule has 2 unspecified atom stereocenters. The molecule has 3 nitrogen and oxygen atoms in total. The van der Waals surface area contributed by atoms with Crippen LogP contribution in [0.3, 0.4) is 0 Å². The highest BCUT2D eigenvalue weighted by Gasteiger charge is 2.33. The molecule has 102 valence electrons. The number of benzene rings is 1. The van der Waals surface area contributed by atoms with Gasteiger partial charge in [0, 0.05) is 0 Å². The van der Waals surface area contributed by atoms with Gasteiger partial charge in [-0.15, -0.1) is 0 Å². The lowest BCUT2D eigenvalue weighted by Crippen LogP contribution is -2.34. The van der Waals surface area contributed by atoms with Gasteiger partial charge in [0.05, 0.1) is 23.4 Å². The molecule has 0 amide bonds. The van der Waals surface area contributed by atoms with Crippen molar-refractivity contribution in [2.45, 2.75) is 46.1 Å². The summed E-state index contributed by atoms with van der Waals surface area (Å²) in [5.41, 5.74) is 7.39. The van der Waals surface area contributed by atoms with E-state index in [1.807, 2.05) is 0 Å². The van der Waals surface area contributed by atoms with Crippen molar-refractivity contribution in [3.63, 3.8) is 0 Å². The van der Waals surface area contributed by atoms with Crippen LogP contribution in [0.25, 0.3) is 0 Å². The fourth-order valence-electron chi connectivity index (χ4n) is 3.25. The zero-order valence-electron chi connectivity index (χ0n) is 11.9. The Labute approximate surface area is 115 Å². The van der Waals surface area contributed by atoms with E-state index in [1.54, 1.807) is 18.2 Å². The van der Waals surface area contributed by atoms with E-state index in [0.717, 1.165) is 12.8 Å². The molecule has 2 N–H and O–H groups in total. The summed E-state index contributed by atoms with van der Waals surface area (Å²) in [4.78, 5) is 0. The second-order valence-electron chi connectivity index (χ2n) is 6.52. The van der Waals surface area contributed by atoms with Gasteiger partial charge in [0.25, 0.3) is 0 Å². The Morgan fingerprint density at radius 3 is 2.68 bits per heavy atom. The van der Waals surface area contributed by atoms with Gasteiger partial charge in [-0.3, -0.25) is 0 Å². The van der Waals surface area contributed by atoms with Gasteiger partial charge >= 0.3 is 0 Å². The fourth-order valence-corrected chi connectivity index (χ4v) is 3.25. The molecule has 1 aliphatic carbocycles. The fraction of sp³-hybridized carbons (Fsp3) is 0.562. The summed E-state index contributed by atoms with van der Waals surface area (Å²) in [7, 11) is 0. The molecule has 3 heteroatoms. The van der Waals surface area contributed by atoms with E-state index in [-0.39, 0.29) is 6.10 Å². The summed E-state index contributed by atoms with van der Waals surface area (Å²) < 4.78 is 6.06. The highest BCUT2D eigenvalue weighted by atomic mass is 16.5. The molecule has 1 aliphatic rings. The number of anilines is 1. The van der Waals surface area contributed by atoms with Gasteiger partial charge < -0.3 is 10.5 Å². The zero-order chi connectivity index (χ0) is 14.0. The van der Waals surface area contributed by atoms with Gasteiger partial charge in [-0.2, -0.15) is 5.26 Å². The van der Waals surface area contributed by atoms with Crippen molar-refractivity contribution in [3.05, 3.63) is 23.8 Å². The molecule has 0 spiro atoms. The SMILES string of the molecule is CC1CC(Oc2ccc(C#N)cc2N)CC(C)(C)C1. The highest BCUT2D eigenvalue weighted by molar-refractivity contribution is 5.56. The van der Waals surface area contributed by atoms with Crippen molar-refractivity contribution in [2.75, 3.05) is 5.73 Å². The number of nitrogens with zero attached hydrogens (tertiary/aromatic N) is 1. The molecule has 0 saturated heterocycles. The normalized spacial score (nSPS) is 25.6. The predicted octanol–water partition coefficient (Wildman–Crippen LogP) is 3.73. The first kappa shape index (κ1) is 13.7. The molecule has 0 aromatic heterocycles. The van der Waals surface area contributed by atoms with Crippen LogP contribution in [-0.4, -0.2) is 6.10 Å². The van der Waals surface area contributed by atoms with E-state index in [2.05, 4.69) is 26.8 Å². The Bertz CT molecular complexity index is 502. The molecular weight excluding hydrogens is 236 g/mol. The lowest BCUT2D eigenvalue weighted by Gasteiger charge is -2.39. The van der Waals surface area contributed by atoms with Crippen LogP contribution >= 0.6 is 0 Å². The second-order valence-corrected chi connectivity index (χ2v) is 6.52. The smallest absolute Gasteiger partial charge is 0.142 e. The summed E-state index contributed by atoms with van der Waals surface area (Å²) in [6.07, 6.45) is 3.59. The monoisotopic (exact) mass is 258 g/mol. The minimum Gasteiger partial charge on any atom is -0.488 e. The summed E-state index contributed by atoms with van der Waals surface area (Å²) in [6.45, 7) is 6.86. The number of nitrogen functional groups attached to an aromatic ring is 1. The first-order valence-corrected chi connectivity index (χ1v) is 6.86. The molecule has 1 saturated carbocycles. The van der Waals surface area contributed by atoms with E-state index in [1.165, 1.54) is 6.42 Å². The van der Waals surface area contributed by atoms with Crippen LogP contribution in [0.4, 0.5) is 5.69 Å². The second kappa shape index (κ2) is 5.13. The third-order valence-electron chi connectivity index (χ3n) is 3.78. The summed E-state index contributed by atoms with van der Waals surface area (Å²) in [5.74, 6) is 1.38. The predicted molar refractivity (Wildman–Crippen MR) is 76.8 cm³/mol. The van der Waals surface area contributed by atoms with Crippen LogP contribution in [0.5, 0.6) is 5.75 Å². The number of ether oxygens (including phenoxy) is 1. The maximum atomic E-state index is 8.83. The number of nitrogens with two attached hydrogens (primary N) is 1. The average molecular weight is 258 g/mol. The number of nitriles is 1. The van der Waals surface area contributed by atoms with Gasteiger partial charge in [0.1, 0.15) is 5.75 Å². The molecular formula is C16H22N2O. The molecule has 1 aromatic rings. The van der Waals surface area contributed by atoms with Crippen LogP contribution < -0.4 is 10.5 Å². The molecule has 1 fully saturated rings. The quantitative estimate of drug-likeness (QED) is 0.822. The van der Waals surface area contributed by atoms with Crippen molar-refractivity contribution in [2.24, 2.45) is 11.3 Å². The topological polar surface area (TPSA) is 59.0 Å². The Morgan fingerprint density at radius 2 is 2.11 bits per heavy atom. The average Bonchev–Trinajstić information content (AvgIpc) is 2.29. The van der Waals surface area contributed by atoms with E-state index < -0.39 is 0 Å². The molecule has 0 radical (unpaired) electrons. The van der Waals surface area contributed by atoms with Crippen molar-refractivity contribution >= 4 is 5.69 Å². The van der Waals surface area contributed by atoms with Crippen molar-refractivity contribution < 1.29 is 4.74 Å². The molecule has 0 bridgehead atoms. The maximum Gasteiger partial charge on any atom is 0.142 e. The van der Waals surface area contributed by atoms with Crippen molar-refractivity contribution in [1.29, 1.82) is 5.26 Å². The molecule has 0 heterocycles. The van der Waals surface area contributed by atoms with Crippen LogP contribution in [0, 0.1) is 22.7 Å². The van der Waals surface area contributed by atoms with E-state index in [4.69, 9.17) is 15.7 Å². The lowest BCUT2D eigenvalue weighted by atomic mass is 9.71. The van der Waals surface area contributed by atoms with E-state index in [0.29, 0.717) is 28.3 Å². The Morgan fingerprint density at radius 1 is 1.37 bits per heavy atom. The van der Waals surface area contributed by atoms with Gasteiger partial charge in [-0.1, -0.05) is 20.8 Å². The summed E-state index contributed by atoms with van der Waals surface area (Å²) in [5, 5.41) is 8.83. The summed E-state index contributed by atoms with van der Waals surface area (Å²) in [6, 6.07) is 7.32. The molecule has 1 aromatic carbocycles. The Kier molecular flexibility index (Phi) is 3.71. The summed E-state index contributed by atoms with van der Waals surface area (Å²) >= 11 is 0. The third-order valence-corrected chi connectivity index (χ3v) is 3.78. The van der Waals surface area contributed by atoms with Crippen LogP contribution in [-0.2, 0) is 0 Å². The lowest BCUT2D eigenvalue weighted by molar-refractivity contribution is 0.0567. The molecule has 2 atom stereocenters. The standard InChI is InChI=1S/C16H22N2O/c1-11-6-13(9-16(2,3)8-11)19-15-5-4-12(10-17)7-14(15)18/h4-5,7,11,13H,6,8-9,18H2,1-3H3. The van der Waals surface area contributed by atoms with Crippen LogP contribution in [0.2, 0.25) is 0 Å². The first-order valence-electron chi connectivity index (χ1n) is 6.86. The molecule has 2 rings (SSSR count). The minimum atomic E-state index is 0.217.